The van der Waals surface area contributed by atoms with Crippen molar-refractivity contribution in [3.05, 3.63) is 76.9 Å². The maximum Gasteiger partial charge on any atom is 0.341 e. The highest BCUT2D eigenvalue weighted by molar-refractivity contribution is 6.18. The van der Waals surface area contributed by atoms with Crippen LogP contribution in [0.5, 0.6) is 0 Å². The summed E-state index contributed by atoms with van der Waals surface area (Å²) < 4.78 is 18.4. The van der Waals surface area contributed by atoms with Crippen LogP contribution in [0.1, 0.15) is 38.9 Å². The molecule has 0 saturated heterocycles. The van der Waals surface area contributed by atoms with Gasteiger partial charge in [0.15, 0.2) is 0 Å². The summed E-state index contributed by atoms with van der Waals surface area (Å²) in [6.07, 6.45) is 1.86. The van der Waals surface area contributed by atoms with Crippen LogP contribution >= 0.6 is 0 Å². The first-order valence-electron chi connectivity index (χ1n) is 9.72. The number of hydrogen-bond donors (Lipinski definition) is 2. The van der Waals surface area contributed by atoms with Crippen LogP contribution in [0.25, 0.3) is 16.5 Å². The van der Waals surface area contributed by atoms with Crippen LogP contribution in [0, 0.1) is 5.82 Å². The molecule has 8 heteroatoms. The van der Waals surface area contributed by atoms with Gasteiger partial charge < -0.3 is 19.7 Å². The lowest BCUT2D eigenvalue weighted by atomic mass is 10.0. The normalized spacial score (nSPS) is 13.4. The van der Waals surface area contributed by atoms with Gasteiger partial charge in [0, 0.05) is 29.2 Å². The van der Waals surface area contributed by atoms with E-state index >= 15 is 0 Å². The van der Waals surface area contributed by atoms with Gasteiger partial charge in [-0.3, -0.25) is 4.79 Å². The number of carboxylic acid groups (broad SMARTS) is 1. The van der Waals surface area contributed by atoms with Crippen LogP contribution in [0.3, 0.4) is 0 Å². The molecule has 1 aromatic heterocycles. The molecule has 0 saturated carbocycles. The van der Waals surface area contributed by atoms with Gasteiger partial charge in [-0.2, -0.15) is 0 Å². The molecule has 4 rings (SSSR count). The van der Waals surface area contributed by atoms with E-state index in [-0.39, 0.29) is 30.2 Å². The molecule has 158 valence electrons. The molecule has 1 amide bonds. The largest absolute Gasteiger partial charge is 0.478 e. The van der Waals surface area contributed by atoms with Crippen molar-refractivity contribution in [1.29, 1.82) is 0 Å². The van der Waals surface area contributed by atoms with Gasteiger partial charge in [0.2, 0.25) is 0 Å². The van der Waals surface area contributed by atoms with Crippen molar-refractivity contribution in [2.24, 2.45) is 0 Å². The average molecular weight is 422 g/mol. The molecule has 1 aliphatic heterocycles. The molecule has 0 fully saturated rings. The fourth-order valence-electron chi connectivity index (χ4n) is 3.68. The number of hydrogen-bond acceptors (Lipinski definition) is 4. The summed E-state index contributed by atoms with van der Waals surface area (Å²) in [6.45, 7) is 2.11. The molecule has 0 bridgehead atoms. The Morgan fingerprint density at radius 1 is 1.13 bits per heavy atom. The van der Waals surface area contributed by atoms with Crippen molar-refractivity contribution in [3.63, 3.8) is 0 Å². The number of esters is 1. The molecule has 0 unspecified atom stereocenters. The Kier molecular flexibility index (Phi) is 5.29. The third-order valence-corrected chi connectivity index (χ3v) is 5.16. The molecule has 31 heavy (non-hydrogen) atoms. The number of carboxylic acids is 1. The number of nitrogens with one attached hydrogen (secondary N) is 1. The van der Waals surface area contributed by atoms with E-state index in [0.717, 1.165) is 10.9 Å². The van der Waals surface area contributed by atoms with E-state index in [9.17, 15) is 23.9 Å². The molecule has 0 spiro atoms. The number of aromatic nitrogens is 1. The van der Waals surface area contributed by atoms with Crippen LogP contribution in [-0.4, -0.2) is 46.0 Å². The van der Waals surface area contributed by atoms with Crippen molar-refractivity contribution in [1.82, 2.24) is 9.88 Å². The van der Waals surface area contributed by atoms with Crippen LogP contribution < -0.4 is 0 Å². The first kappa shape index (κ1) is 20.3. The minimum Gasteiger partial charge on any atom is -0.478 e. The highest BCUT2D eigenvalue weighted by Gasteiger charge is 2.28. The second kappa shape index (κ2) is 8.06. The predicted molar refractivity (Wildman–Crippen MR) is 111 cm³/mol. The number of halogens is 1. The number of aromatic carboxylic acids is 1. The van der Waals surface area contributed by atoms with Gasteiger partial charge in [-0.15, -0.1) is 0 Å². The molecule has 0 radical (unpaired) electrons. The number of carbonyl (C=O) groups is 3. The molecular weight excluding hydrogens is 403 g/mol. The number of nitrogens with zero attached hydrogens (tertiary/aromatic N) is 1. The van der Waals surface area contributed by atoms with Crippen molar-refractivity contribution in [3.8, 4) is 0 Å². The SMILES string of the molecule is CCOC(=O)C1=CN(C(=O)c2ccc(F)cc2)CCc2c1[nH]c1cc(C(=O)O)ccc21. The predicted octanol–water partition coefficient (Wildman–Crippen LogP) is 3.61. The van der Waals surface area contributed by atoms with E-state index in [4.69, 9.17) is 4.74 Å². The van der Waals surface area contributed by atoms with Crippen LogP contribution in [0.4, 0.5) is 4.39 Å². The van der Waals surface area contributed by atoms with E-state index in [1.807, 2.05) is 0 Å². The summed E-state index contributed by atoms with van der Waals surface area (Å²) >= 11 is 0. The number of benzene rings is 2. The molecule has 2 N–H and O–H groups in total. The van der Waals surface area contributed by atoms with Crippen molar-refractivity contribution in [2.75, 3.05) is 13.2 Å². The molecule has 2 aromatic carbocycles. The Balaban J connectivity index is 1.80. The highest BCUT2D eigenvalue weighted by Crippen LogP contribution is 2.32. The Hall–Kier alpha value is -3.94. The molecule has 7 nitrogen and oxygen atoms in total. The topological polar surface area (TPSA) is 99.7 Å². The number of H-pyrrole nitrogens is 1. The lowest BCUT2D eigenvalue weighted by molar-refractivity contribution is -0.136. The lowest BCUT2D eigenvalue weighted by Crippen LogP contribution is -2.28. The Bertz CT molecular complexity index is 1230. The quantitative estimate of drug-likeness (QED) is 0.626. The van der Waals surface area contributed by atoms with E-state index in [0.29, 0.717) is 23.2 Å². The molecular formula is C23H19FN2O5. The van der Waals surface area contributed by atoms with Gasteiger partial charge in [0.25, 0.3) is 5.91 Å². The first-order chi connectivity index (χ1) is 14.9. The maximum absolute atomic E-state index is 13.2. The van der Waals surface area contributed by atoms with Gasteiger partial charge >= 0.3 is 11.9 Å². The van der Waals surface area contributed by atoms with E-state index in [1.165, 1.54) is 47.5 Å². The lowest BCUT2D eigenvalue weighted by Gasteiger charge is -2.18. The molecule has 3 aromatic rings. The smallest absolute Gasteiger partial charge is 0.341 e. The molecule has 0 atom stereocenters. The Morgan fingerprint density at radius 3 is 2.52 bits per heavy atom. The zero-order valence-corrected chi connectivity index (χ0v) is 16.6. The van der Waals surface area contributed by atoms with Crippen molar-refractivity contribution in [2.45, 2.75) is 13.3 Å². The fraction of sp³-hybridized carbons (Fsp3) is 0.174. The summed E-state index contributed by atoms with van der Waals surface area (Å²) in [7, 11) is 0. The summed E-state index contributed by atoms with van der Waals surface area (Å²) in [4.78, 5) is 41.5. The average Bonchev–Trinajstić information content (AvgIpc) is 3.00. The number of rotatable bonds is 4. The molecule has 0 aliphatic carbocycles. The Labute approximate surface area is 176 Å². The van der Waals surface area contributed by atoms with Gasteiger partial charge in [-0.1, -0.05) is 6.07 Å². The molecule has 2 heterocycles. The summed E-state index contributed by atoms with van der Waals surface area (Å²) in [5.74, 6) is -2.47. The van der Waals surface area contributed by atoms with E-state index in [2.05, 4.69) is 4.98 Å². The zero-order valence-electron chi connectivity index (χ0n) is 16.6. The second-order valence-electron chi connectivity index (χ2n) is 7.06. The second-order valence-corrected chi connectivity index (χ2v) is 7.06. The number of fused-ring (bicyclic) bond motifs is 3. The van der Waals surface area contributed by atoms with Crippen molar-refractivity contribution >= 4 is 34.3 Å². The number of aromatic amines is 1. The van der Waals surface area contributed by atoms with Crippen molar-refractivity contribution < 1.29 is 28.6 Å². The third kappa shape index (κ3) is 3.79. The standard InChI is InChI=1S/C23H19FN2O5/c1-2-31-23(30)18-12-26(21(27)13-3-6-15(24)7-4-13)10-9-17-16-8-5-14(22(28)29)11-19(16)25-20(17)18/h3-8,11-12,25H,2,9-10H2,1H3,(H,28,29). The fourth-order valence-corrected chi connectivity index (χ4v) is 3.68. The maximum atomic E-state index is 13.2. The Morgan fingerprint density at radius 2 is 1.84 bits per heavy atom. The number of ether oxygens (including phenoxy) is 1. The van der Waals surface area contributed by atoms with Gasteiger partial charge in [-0.25, -0.2) is 14.0 Å². The van der Waals surface area contributed by atoms with E-state index < -0.39 is 17.8 Å². The first-order valence-corrected chi connectivity index (χ1v) is 9.72. The van der Waals surface area contributed by atoms with E-state index in [1.54, 1.807) is 13.0 Å². The minimum absolute atomic E-state index is 0.124. The van der Waals surface area contributed by atoms with Crippen LogP contribution in [0.2, 0.25) is 0 Å². The number of carbonyl (C=O) groups excluding carboxylic acids is 2. The minimum atomic E-state index is -1.05. The van der Waals surface area contributed by atoms with Gasteiger partial charge in [0.1, 0.15) is 5.82 Å². The molecule has 1 aliphatic rings. The highest BCUT2D eigenvalue weighted by atomic mass is 19.1. The summed E-state index contributed by atoms with van der Waals surface area (Å²) in [5.41, 5.74) is 2.45. The summed E-state index contributed by atoms with van der Waals surface area (Å²) in [5, 5.41) is 10.0. The zero-order chi connectivity index (χ0) is 22.1. The van der Waals surface area contributed by atoms with Gasteiger partial charge in [-0.05, 0) is 55.3 Å². The monoisotopic (exact) mass is 422 g/mol. The summed E-state index contributed by atoms with van der Waals surface area (Å²) in [6, 6.07) is 9.89. The van der Waals surface area contributed by atoms with Crippen LogP contribution in [0.15, 0.2) is 48.7 Å². The third-order valence-electron chi connectivity index (χ3n) is 5.16. The van der Waals surface area contributed by atoms with Crippen LogP contribution in [-0.2, 0) is 16.0 Å². The van der Waals surface area contributed by atoms with Gasteiger partial charge in [0.05, 0.1) is 23.4 Å². The number of amides is 1.